The molecule has 0 aliphatic heterocycles. The molecule has 0 bridgehead atoms. The van der Waals surface area contributed by atoms with Crippen LogP contribution in [0.3, 0.4) is 0 Å². The predicted octanol–water partition coefficient (Wildman–Crippen LogP) is 3.11. The summed E-state index contributed by atoms with van der Waals surface area (Å²) in [6, 6.07) is 3.75. The van der Waals surface area contributed by atoms with Crippen molar-refractivity contribution < 1.29 is 19.0 Å². The van der Waals surface area contributed by atoms with Crippen molar-refractivity contribution in [3.8, 4) is 17.2 Å². The van der Waals surface area contributed by atoms with Crippen molar-refractivity contribution in [3.63, 3.8) is 0 Å². The Labute approximate surface area is 158 Å². The molecule has 2 aromatic rings. The van der Waals surface area contributed by atoms with E-state index in [-0.39, 0.29) is 5.91 Å². The smallest absolute Gasteiger partial charge is 0.258 e. The van der Waals surface area contributed by atoms with E-state index in [1.807, 2.05) is 0 Å². The number of amides is 1. The van der Waals surface area contributed by atoms with Crippen LogP contribution in [0.25, 0.3) is 0 Å². The van der Waals surface area contributed by atoms with Crippen LogP contribution in [-0.2, 0) is 0 Å². The average Bonchev–Trinajstić information content (AvgIpc) is 3.20. The van der Waals surface area contributed by atoms with Crippen molar-refractivity contribution in [2.45, 2.75) is 31.7 Å². The monoisotopic (exact) mass is 372 g/mol. The molecular formula is C19H24N4O4. The summed E-state index contributed by atoms with van der Waals surface area (Å²) in [4.78, 5) is 21.0. The first kappa shape index (κ1) is 18.8. The highest BCUT2D eigenvalue weighted by atomic mass is 16.5. The molecular weight excluding hydrogens is 348 g/mol. The van der Waals surface area contributed by atoms with Crippen LogP contribution in [-0.4, -0.2) is 43.2 Å². The normalized spacial score (nSPS) is 13.9. The topological polar surface area (TPSA) is 94.6 Å². The average molecular weight is 372 g/mol. The SMILES string of the molecule is COc1cc(NC(=O)c2cnc(NC3CCCC3)nc2)cc(OC)c1OC. The molecule has 1 aromatic carbocycles. The van der Waals surface area contributed by atoms with Gasteiger partial charge in [0.05, 0.1) is 26.9 Å². The highest BCUT2D eigenvalue weighted by Gasteiger charge is 2.17. The molecule has 1 aliphatic rings. The number of rotatable bonds is 7. The fourth-order valence-corrected chi connectivity index (χ4v) is 3.13. The molecule has 8 heteroatoms. The third-order valence-corrected chi connectivity index (χ3v) is 4.53. The highest BCUT2D eigenvalue weighted by Crippen LogP contribution is 2.40. The maximum atomic E-state index is 12.5. The van der Waals surface area contributed by atoms with Gasteiger partial charge in [-0.1, -0.05) is 12.8 Å². The van der Waals surface area contributed by atoms with Crippen LogP contribution in [0.1, 0.15) is 36.0 Å². The first-order valence-electron chi connectivity index (χ1n) is 8.84. The predicted molar refractivity (Wildman–Crippen MR) is 102 cm³/mol. The minimum absolute atomic E-state index is 0.323. The van der Waals surface area contributed by atoms with Gasteiger partial charge in [0.15, 0.2) is 11.5 Å². The lowest BCUT2D eigenvalue weighted by Crippen LogP contribution is -2.18. The molecule has 144 valence electrons. The number of hydrogen-bond acceptors (Lipinski definition) is 7. The Bertz CT molecular complexity index is 764. The van der Waals surface area contributed by atoms with Crippen LogP contribution in [0.4, 0.5) is 11.6 Å². The number of nitrogens with one attached hydrogen (secondary N) is 2. The second kappa shape index (κ2) is 8.57. The van der Waals surface area contributed by atoms with Gasteiger partial charge in [-0.05, 0) is 12.8 Å². The second-order valence-corrected chi connectivity index (χ2v) is 6.29. The third kappa shape index (κ3) is 4.39. The Kier molecular flexibility index (Phi) is 5.95. The molecule has 1 saturated carbocycles. The minimum atomic E-state index is -0.323. The Balaban J connectivity index is 1.71. The van der Waals surface area contributed by atoms with Gasteiger partial charge in [0.2, 0.25) is 11.7 Å². The zero-order valence-corrected chi connectivity index (χ0v) is 15.7. The van der Waals surface area contributed by atoms with E-state index in [4.69, 9.17) is 14.2 Å². The molecule has 1 fully saturated rings. The van der Waals surface area contributed by atoms with Crippen LogP contribution in [0.2, 0.25) is 0 Å². The summed E-state index contributed by atoms with van der Waals surface area (Å²) in [5.41, 5.74) is 0.878. The molecule has 1 aromatic heterocycles. The largest absolute Gasteiger partial charge is 0.493 e. The quantitative estimate of drug-likeness (QED) is 0.771. The standard InChI is InChI=1S/C19H24N4O4/c1-25-15-8-14(9-16(26-2)17(15)27-3)22-18(24)12-10-20-19(21-11-12)23-13-6-4-5-7-13/h8-11,13H,4-7H2,1-3H3,(H,22,24)(H,20,21,23). The first-order chi connectivity index (χ1) is 13.1. The fraction of sp³-hybridized carbons (Fsp3) is 0.421. The van der Waals surface area contributed by atoms with Crippen molar-refractivity contribution in [1.29, 1.82) is 0 Å². The van der Waals surface area contributed by atoms with Crippen LogP contribution < -0.4 is 24.8 Å². The lowest BCUT2D eigenvalue weighted by molar-refractivity contribution is 0.102. The van der Waals surface area contributed by atoms with Gasteiger partial charge in [0.1, 0.15) is 0 Å². The van der Waals surface area contributed by atoms with E-state index in [0.717, 1.165) is 12.8 Å². The van der Waals surface area contributed by atoms with Crippen molar-refractivity contribution in [2.24, 2.45) is 0 Å². The van der Waals surface area contributed by atoms with Gasteiger partial charge in [-0.25, -0.2) is 9.97 Å². The zero-order chi connectivity index (χ0) is 19.2. The summed E-state index contributed by atoms with van der Waals surface area (Å²) in [6.45, 7) is 0. The molecule has 3 rings (SSSR count). The Morgan fingerprint density at radius 2 is 1.59 bits per heavy atom. The molecule has 1 heterocycles. The molecule has 0 unspecified atom stereocenters. The van der Waals surface area contributed by atoms with Crippen molar-refractivity contribution in [3.05, 3.63) is 30.1 Å². The Morgan fingerprint density at radius 1 is 1.00 bits per heavy atom. The summed E-state index contributed by atoms with van der Waals surface area (Å²) in [6.07, 6.45) is 7.74. The number of carbonyl (C=O) groups is 1. The molecule has 0 saturated heterocycles. The minimum Gasteiger partial charge on any atom is -0.493 e. The molecule has 1 amide bonds. The fourth-order valence-electron chi connectivity index (χ4n) is 3.13. The lowest BCUT2D eigenvalue weighted by Gasteiger charge is -2.15. The maximum absolute atomic E-state index is 12.5. The number of anilines is 2. The molecule has 0 spiro atoms. The van der Waals surface area contributed by atoms with Gasteiger partial charge in [-0.3, -0.25) is 4.79 Å². The highest BCUT2D eigenvalue weighted by molar-refractivity contribution is 6.04. The lowest BCUT2D eigenvalue weighted by atomic mass is 10.2. The van der Waals surface area contributed by atoms with Crippen LogP contribution >= 0.6 is 0 Å². The number of benzene rings is 1. The van der Waals surface area contributed by atoms with Crippen LogP contribution in [0.5, 0.6) is 17.2 Å². The number of aromatic nitrogens is 2. The number of carbonyl (C=O) groups excluding carboxylic acids is 1. The van der Waals surface area contributed by atoms with Gasteiger partial charge in [-0.2, -0.15) is 0 Å². The second-order valence-electron chi connectivity index (χ2n) is 6.29. The molecule has 0 radical (unpaired) electrons. The van der Waals surface area contributed by atoms with E-state index in [0.29, 0.717) is 40.5 Å². The Hall–Kier alpha value is -3.03. The number of ether oxygens (including phenoxy) is 3. The number of nitrogens with zero attached hydrogens (tertiary/aromatic N) is 2. The summed E-state index contributed by atoms with van der Waals surface area (Å²) in [7, 11) is 4.57. The maximum Gasteiger partial charge on any atom is 0.258 e. The van der Waals surface area contributed by atoms with Gasteiger partial charge in [0, 0.05) is 36.3 Å². The van der Waals surface area contributed by atoms with E-state index < -0.39 is 0 Å². The zero-order valence-electron chi connectivity index (χ0n) is 15.7. The molecule has 8 nitrogen and oxygen atoms in total. The van der Waals surface area contributed by atoms with Crippen molar-refractivity contribution in [2.75, 3.05) is 32.0 Å². The van der Waals surface area contributed by atoms with Gasteiger partial charge >= 0.3 is 0 Å². The first-order valence-corrected chi connectivity index (χ1v) is 8.84. The van der Waals surface area contributed by atoms with E-state index in [1.54, 1.807) is 12.1 Å². The molecule has 27 heavy (non-hydrogen) atoms. The summed E-state index contributed by atoms with van der Waals surface area (Å²) >= 11 is 0. The number of methoxy groups -OCH3 is 3. The van der Waals surface area contributed by atoms with Crippen molar-refractivity contribution in [1.82, 2.24) is 9.97 Å². The Morgan fingerprint density at radius 3 is 2.11 bits per heavy atom. The molecule has 1 aliphatic carbocycles. The summed E-state index contributed by atoms with van der Waals surface area (Å²) < 4.78 is 15.9. The molecule has 2 N–H and O–H groups in total. The van der Waals surface area contributed by atoms with E-state index in [9.17, 15) is 4.79 Å². The third-order valence-electron chi connectivity index (χ3n) is 4.53. The van der Waals surface area contributed by atoms with E-state index in [1.165, 1.54) is 46.6 Å². The summed E-state index contributed by atoms with van der Waals surface area (Å²) in [5.74, 6) is 1.60. The van der Waals surface area contributed by atoms with Crippen LogP contribution in [0.15, 0.2) is 24.5 Å². The van der Waals surface area contributed by atoms with Gasteiger partial charge in [-0.15, -0.1) is 0 Å². The van der Waals surface area contributed by atoms with E-state index >= 15 is 0 Å². The van der Waals surface area contributed by atoms with Gasteiger partial charge < -0.3 is 24.8 Å². The van der Waals surface area contributed by atoms with E-state index in [2.05, 4.69) is 20.6 Å². The number of hydrogen-bond donors (Lipinski definition) is 2. The van der Waals surface area contributed by atoms with Gasteiger partial charge in [0.25, 0.3) is 5.91 Å². The molecule has 0 atom stereocenters. The van der Waals surface area contributed by atoms with Crippen LogP contribution in [0, 0.1) is 0 Å². The van der Waals surface area contributed by atoms with Crippen molar-refractivity contribution >= 4 is 17.5 Å². The summed E-state index contributed by atoms with van der Waals surface area (Å²) in [5, 5.41) is 6.10.